The number of hydrogen-bond donors (Lipinski definition) is 2. The number of nitrogens with one attached hydrogen (secondary N) is 1. The number of esters is 1. The van der Waals surface area contributed by atoms with E-state index in [1.807, 2.05) is 30.3 Å². The minimum atomic E-state index is -0.486. The van der Waals surface area contributed by atoms with Gasteiger partial charge in [-0.2, -0.15) is 5.26 Å². The molecule has 2 N–H and O–H groups in total. The van der Waals surface area contributed by atoms with E-state index in [0.717, 1.165) is 24.8 Å². The molecule has 0 saturated heterocycles. The van der Waals surface area contributed by atoms with Gasteiger partial charge in [-0.15, -0.1) is 11.3 Å². The van der Waals surface area contributed by atoms with Crippen molar-refractivity contribution in [2.45, 2.75) is 26.2 Å². The zero-order valence-corrected chi connectivity index (χ0v) is 16.2. The van der Waals surface area contributed by atoms with Crippen LogP contribution in [0.25, 0.3) is 16.6 Å². The van der Waals surface area contributed by atoms with Gasteiger partial charge in [-0.1, -0.05) is 19.1 Å². The Kier molecular flexibility index (Phi) is 4.88. The van der Waals surface area contributed by atoms with Crippen molar-refractivity contribution in [3.8, 4) is 6.07 Å². The first-order valence-electron chi connectivity index (χ1n) is 9.11. The van der Waals surface area contributed by atoms with Crippen LogP contribution in [0.15, 0.2) is 36.1 Å². The summed E-state index contributed by atoms with van der Waals surface area (Å²) in [4.78, 5) is 21.5. The molecule has 2 aromatic heterocycles. The first kappa shape index (κ1) is 18.3. The molecule has 28 heavy (non-hydrogen) atoms. The number of nitriles is 1. The van der Waals surface area contributed by atoms with Crippen molar-refractivity contribution in [1.82, 2.24) is 9.97 Å². The van der Waals surface area contributed by atoms with Crippen LogP contribution < -0.4 is 0 Å². The molecule has 0 amide bonds. The van der Waals surface area contributed by atoms with E-state index in [1.54, 1.807) is 6.07 Å². The number of aliphatic hydroxyl groups is 1. The number of H-pyrrole nitrogens is 1. The summed E-state index contributed by atoms with van der Waals surface area (Å²) in [5, 5.41) is 19.7. The van der Waals surface area contributed by atoms with Crippen LogP contribution in [0.5, 0.6) is 0 Å². The first-order chi connectivity index (χ1) is 13.5. The number of allylic oxidation sites excluding steroid dienone is 1. The summed E-state index contributed by atoms with van der Waals surface area (Å²) in [7, 11) is 0. The number of aromatic nitrogens is 2. The molecule has 7 heteroatoms. The standard InChI is InChI=1S/C21H19N3O3S/c1-12-6-7-18-13(8-12)9-19(28-18)21(26)27-11-17(25)14(10-22)20-23-15-4-2-3-5-16(15)24-20/h2-5,9,12,25H,6-8,11H2,1H3,(H,23,24)/t12-/m0/s1. The summed E-state index contributed by atoms with van der Waals surface area (Å²) in [6.45, 7) is 1.83. The zero-order chi connectivity index (χ0) is 19.7. The molecule has 0 spiro atoms. The summed E-state index contributed by atoms with van der Waals surface area (Å²) in [6.07, 6.45) is 3.10. The van der Waals surface area contributed by atoms with Crippen LogP contribution in [0.3, 0.4) is 0 Å². The van der Waals surface area contributed by atoms with Gasteiger partial charge in [-0.05, 0) is 48.9 Å². The third-order valence-corrected chi connectivity index (χ3v) is 6.11. The average Bonchev–Trinajstić information content (AvgIpc) is 3.30. The summed E-state index contributed by atoms with van der Waals surface area (Å²) in [6, 6.07) is 11.2. The summed E-state index contributed by atoms with van der Waals surface area (Å²) < 4.78 is 5.24. The second-order valence-electron chi connectivity index (χ2n) is 7.02. The van der Waals surface area contributed by atoms with E-state index in [9.17, 15) is 15.2 Å². The maximum absolute atomic E-state index is 12.4. The van der Waals surface area contributed by atoms with Crippen molar-refractivity contribution in [2.75, 3.05) is 6.61 Å². The lowest BCUT2D eigenvalue weighted by molar-refractivity contribution is 0.0508. The number of thiophene rings is 1. The predicted octanol–water partition coefficient (Wildman–Crippen LogP) is 4.40. The van der Waals surface area contributed by atoms with E-state index in [0.29, 0.717) is 16.3 Å². The Morgan fingerprint density at radius 2 is 2.29 bits per heavy atom. The van der Waals surface area contributed by atoms with E-state index >= 15 is 0 Å². The molecule has 4 rings (SSSR count). The van der Waals surface area contributed by atoms with Crippen LogP contribution >= 0.6 is 11.3 Å². The lowest BCUT2D eigenvalue weighted by atomic mass is 9.90. The molecule has 0 fully saturated rings. The van der Waals surface area contributed by atoms with E-state index in [4.69, 9.17) is 4.74 Å². The van der Waals surface area contributed by atoms with Crippen LogP contribution in [-0.4, -0.2) is 27.7 Å². The van der Waals surface area contributed by atoms with Crippen LogP contribution in [0.4, 0.5) is 0 Å². The van der Waals surface area contributed by atoms with Gasteiger partial charge in [-0.3, -0.25) is 0 Å². The van der Waals surface area contributed by atoms with Crippen molar-refractivity contribution in [3.05, 3.63) is 57.2 Å². The monoisotopic (exact) mass is 393 g/mol. The Hall–Kier alpha value is -3.11. The van der Waals surface area contributed by atoms with Crippen molar-refractivity contribution in [3.63, 3.8) is 0 Å². The molecule has 1 aliphatic carbocycles. The third kappa shape index (κ3) is 3.51. The SMILES string of the molecule is C[C@H]1CCc2sc(C(=O)OCC(O)=C(C#N)c3nc4ccccc4[nH]3)cc2C1. The van der Waals surface area contributed by atoms with Gasteiger partial charge in [0.25, 0.3) is 0 Å². The van der Waals surface area contributed by atoms with Crippen molar-refractivity contribution in [1.29, 1.82) is 5.26 Å². The van der Waals surface area contributed by atoms with Gasteiger partial charge < -0.3 is 14.8 Å². The summed E-state index contributed by atoms with van der Waals surface area (Å²) in [5.74, 6) is 0.0584. The Labute approximate surface area is 166 Å². The van der Waals surface area contributed by atoms with E-state index < -0.39 is 5.97 Å². The number of fused-ring (bicyclic) bond motifs is 2. The number of benzene rings is 1. The minimum Gasteiger partial charge on any atom is -0.507 e. The lowest BCUT2D eigenvalue weighted by Gasteiger charge is -2.16. The van der Waals surface area contributed by atoms with Crippen LogP contribution in [0.1, 0.15) is 39.3 Å². The molecule has 1 aliphatic rings. The van der Waals surface area contributed by atoms with Gasteiger partial charge in [-0.25, -0.2) is 9.78 Å². The molecule has 3 aromatic rings. The Morgan fingerprint density at radius 3 is 3.07 bits per heavy atom. The maximum atomic E-state index is 12.4. The Balaban J connectivity index is 1.50. The van der Waals surface area contributed by atoms with E-state index in [1.165, 1.54) is 21.8 Å². The normalized spacial score (nSPS) is 16.9. The van der Waals surface area contributed by atoms with E-state index in [2.05, 4.69) is 16.9 Å². The fourth-order valence-electron chi connectivity index (χ4n) is 3.41. The molecule has 0 saturated carbocycles. The minimum absolute atomic E-state index is 0.0386. The number of ether oxygens (including phenoxy) is 1. The van der Waals surface area contributed by atoms with Crippen molar-refractivity contribution >= 4 is 33.9 Å². The highest BCUT2D eigenvalue weighted by molar-refractivity contribution is 7.14. The van der Waals surface area contributed by atoms with Crippen molar-refractivity contribution < 1.29 is 14.6 Å². The molecule has 6 nitrogen and oxygen atoms in total. The molecule has 0 bridgehead atoms. The van der Waals surface area contributed by atoms with Gasteiger partial charge in [0.1, 0.15) is 23.1 Å². The molecule has 0 aliphatic heterocycles. The fraction of sp³-hybridized carbons (Fsp3) is 0.286. The van der Waals surface area contributed by atoms with Gasteiger partial charge in [0.2, 0.25) is 0 Å². The third-order valence-electron chi connectivity index (χ3n) is 4.90. The van der Waals surface area contributed by atoms with Gasteiger partial charge >= 0.3 is 5.97 Å². The molecule has 142 valence electrons. The number of aromatic amines is 1. The molecular formula is C21H19N3O3S. The maximum Gasteiger partial charge on any atom is 0.348 e. The number of carbonyl (C=O) groups excluding carboxylic acids is 1. The topological polar surface area (TPSA) is 99.0 Å². The molecule has 0 radical (unpaired) electrons. The number of rotatable bonds is 4. The average molecular weight is 393 g/mol. The fourth-order valence-corrected chi connectivity index (χ4v) is 4.51. The van der Waals surface area contributed by atoms with Crippen LogP contribution in [0, 0.1) is 17.2 Å². The number of aliphatic hydroxyl groups excluding tert-OH is 1. The molecule has 2 heterocycles. The predicted molar refractivity (Wildman–Crippen MR) is 107 cm³/mol. The first-order valence-corrected chi connectivity index (χ1v) is 9.93. The van der Waals surface area contributed by atoms with Crippen LogP contribution in [-0.2, 0) is 17.6 Å². The molecule has 1 aromatic carbocycles. The number of hydrogen-bond acceptors (Lipinski definition) is 6. The zero-order valence-electron chi connectivity index (χ0n) is 15.4. The number of nitrogens with zero attached hydrogens (tertiary/aromatic N) is 2. The molecule has 1 atom stereocenters. The quantitative estimate of drug-likeness (QED) is 0.389. The highest BCUT2D eigenvalue weighted by Crippen LogP contribution is 2.32. The Morgan fingerprint density at radius 1 is 1.46 bits per heavy atom. The van der Waals surface area contributed by atoms with E-state index in [-0.39, 0.29) is 23.8 Å². The smallest absolute Gasteiger partial charge is 0.348 e. The van der Waals surface area contributed by atoms with Gasteiger partial charge in [0.05, 0.1) is 11.0 Å². The van der Waals surface area contributed by atoms with Crippen molar-refractivity contribution in [2.24, 2.45) is 5.92 Å². The Bertz CT molecular complexity index is 1090. The number of para-hydroxylation sites is 2. The number of carbonyl (C=O) groups is 1. The number of aryl methyl sites for hydroxylation is 1. The summed E-state index contributed by atoms with van der Waals surface area (Å²) in [5.41, 5.74) is 2.63. The summed E-state index contributed by atoms with van der Waals surface area (Å²) >= 11 is 1.45. The largest absolute Gasteiger partial charge is 0.507 e. The van der Waals surface area contributed by atoms with Gasteiger partial charge in [0.15, 0.2) is 11.6 Å². The second kappa shape index (κ2) is 7.49. The highest BCUT2D eigenvalue weighted by atomic mass is 32.1. The lowest BCUT2D eigenvalue weighted by Crippen LogP contribution is -2.08. The number of imidazole rings is 1. The highest BCUT2D eigenvalue weighted by Gasteiger charge is 2.22. The molecular weight excluding hydrogens is 374 g/mol. The van der Waals surface area contributed by atoms with Gasteiger partial charge in [0, 0.05) is 4.88 Å². The molecule has 0 unspecified atom stereocenters. The van der Waals surface area contributed by atoms with Crippen LogP contribution in [0.2, 0.25) is 0 Å². The second-order valence-corrected chi connectivity index (χ2v) is 8.16.